The summed E-state index contributed by atoms with van der Waals surface area (Å²) in [5.74, 6) is 4.59. The summed E-state index contributed by atoms with van der Waals surface area (Å²) in [4.78, 5) is 0. The molecular formula is C15H28O. The molecule has 94 valence electrons. The van der Waals surface area contributed by atoms with Gasteiger partial charge in [-0.15, -0.1) is 0 Å². The molecule has 1 aliphatic heterocycles. The van der Waals surface area contributed by atoms with Crippen molar-refractivity contribution in [1.29, 1.82) is 0 Å². The van der Waals surface area contributed by atoms with Crippen LogP contribution in [0.1, 0.15) is 52.9 Å². The average molecular weight is 224 g/mol. The molecule has 2 fully saturated rings. The molecule has 2 rings (SSSR count). The average Bonchev–Trinajstić information content (AvgIpc) is 2.74. The molecular weight excluding hydrogens is 196 g/mol. The molecule has 0 N–H and O–H groups in total. The first-order valence-corrected chi connectivity index (χ1v) is 7.26. The van der Waals surface area contributed by atoms with E-state index in [2.05, 4.69) is 20.8 Å². The Balaban J connectivity index is 1.95. The minimum absolute atomic E-state index is 0.838. The fourth-order valence-electron chi connectivity index (χ4n) is 4.00. The van der Waals surface area contributed by atoms with Crippen LogP contribution in [0.25, 0.3) is 0 Å². The molecule has 0 aromatic heterocycles. The Hall–Kier alpha value is -0.0400. The monoisotopic (exact) mass is 224 g/mol. The van der Waals surface area contributed by atoms with Gasteiger partial charge >= 0.3 is 0 Å². The summed E-state index contributed by atoms with van der Waals surface area (Å²) in [6.45, 7) is 9.30. The second kappa shape index (κ2) is 5.53. The van der Waals surface area contributed by atoms with Gasteiger partial charge in [0.25, 0.3) is 0 Å². The number of rotatable bonds is 3. The molecule has 1 nitrogen and oxygen atoms in total. The Morgan fingerprint density at radius 3 is 2.12 bits per heavy atom. The quantitative estimate of drug-likeness (QED) is 0.700. The zero-order valence-electron chi connectivity index (χ0n) is 11.2. The lowest BCUT2D eigenvalue weighted by atomic mass is 9.67. The zero-order chi connectivity index (χ0) is 11.5. The lowest BCUT2D eigenvalue weighted by Crippen LogP contribution is -2.31. The molecule has 16 heavy (non-hydrogen) atoms. The van der Waals surface area contributed by atoms with Crippen LogP contribution in [0.15, 0.2) is 0 Å². The van der Waals surface area contributed by atoms with Crippen LogP contribution in [0.2, 0.25) is 0 Å². The maximum atomic E-state index is 5.60. The van der Waals surface area contributed by atoms with Crippen LogP contribution in [0.4, 0.5) is 0 Å². The summed E-state index contributed by atoms with van der Waals surface area (Å²) in [5, 5.41) is 0. The molecule has 0 aromatic carbocycles. The minimum Gasteiger partial charge on any atom is -0.381 e. The first-order chi connectivity index (χ1) is 7.68. The van der Waals surface area contributed by atoms with Crippen molar-refractivity contribution < 1.29 is 4.74 Å². The molecule has 1 aliphatic carbocycles. The highest BCUT2D eigenvalue weighted by atomic mass is 16.5. The summed E-state index contributed by atoms with van der Waals surface area (Å²) in [5.41, 5.74) is 0. The van der Waals surface area contributed by atoms with Gasteiger partial charge in [0.15, 0.2) is 0 Å². The SMILES string of the molecule is CC1CCC(C(C(C)C)C2CCOC2)CC1. The lowest BCUT2D eigenvalue weighted by molar-refractivity contribution is 0.0967. The molecule has 2 aliphatic rings. The maximum absolute atomic E-state index is 5.60. The van der Waals surface area contributed by atoms with E-state index in [9.17, 15) is 0 Å². The fraction of sp³-hybridized carbons (Fsp3) is 1.00. The lowest BCUT2D eigenvalue weighted by Gasteiger charge is -2.38. The van der Waals surface area contributed by atoms with E-state index in [-0.39, 0.29) is 0 Å². The number of ether oxygens (including phenoxy) is 1. The molecule has 0 spiro atoms. The van der Waals surface area contributed by atoms with Gasteiger partial charge in [-0.1, -0.05) is 33.6 Å². The maximum Gasteiger partial charge on any atom is 0.0497 e. The largest absolute Gasteiger partial charge is 0.381 e. The predicted molar refractivity (Wildman–Crippen MR) is 68.4 cm³/mol. The zero-order valence-corrected chi connectivity index (χ0v) is 11.2. The third-order valence-electron chi connectivity index (χ3n) is 4.88. The van der Waals surface area contributed by atoms with Gasteiger partial charge in [-0.2, -0.15) is 0 Å². The first-order valence-electron chi connectivity index (χ1n) is 7.26. The van der Waals surface area contributed by atoms with E-state index in [1.807, 2.05) is 0 Å². The van der Waals surface area contributed by atoms with E-state index in [0.717, 1.165) is 42.8 Å². The first kappa shape index (κ1) is 12.4. The molecule has 0 radical (unpaired) electrons. The van der Waals surface area contributed by atoms with Crippen molar-refractivity contribution >= 4 is 0 Å². The van der Waals surface area contributed by atoms with Crippen molar-refractivity contribution in [3.05, 3.63) is 0 Å². The summed E-state index contributed by atoms with van der Waals surface area (Å²) < 4.78 is 5.60. The molecule has 1 heterocycles. The number of hydrogen-bond acceptors (Lipinski definition) is 1. The topological polar surface area (TPSA) is 9.23 Å². The third-order valence-corrected chi connectivity index (χ3v) is 4.88. The van der Waals surface area contributed by atoms with Crippen molar-refractivity contribution in [2.24, 2.45) is 29.6 Å². The van der Waals surface area contributed by atoms with Crippen molar-refractivity contribution in [2.75, 3.05) is 13.2 Å². The Morgan fingerprint density at radius 2 is 1.62 bits per heavy atom. The summed E-state index contributed by atoms with van der Waals surface area (Å²) in [7, 11) is 0. The predicted octanol–water partition coefficient (Wildman–Crippen LogP) is 4.12. The molecule has 2 atom stereocenters. The summed E-state index contributed by atoms with van der Waals surface area (Å²) in [6, 6.07) is 0. The standard InChI is InChI=1S/C15H28O/c1-11(2)15(14-8-9-16-10-14)13-6-4-12(3)5-7-13/h11-15H,4-10H2,1-3H3. The van der Waals surface area contributed by atoms with Crippen LogP contribution in [-0.2, 0) is 4.74 Å². The Kier molecular flexibility index (Phi) is 4.29. The van der Waals surface area contributed by atoms with E-state index in [1.165, 1.54) is 32.1 Å². The van der Waals surface area contributed by atoms with Crippen LogP contribution < -0.4 is 0 Å². The van der Waals surface area contributed by atoms with Crippen molar-refractivity contribution in [3.63, 3.8) is 0 Å². The third kappa shape index (κ3) is 2.80. The smallest absolute Gasteiger partial charge is 0.0497 e. The molecule has 0 aromatic rings. The van der Waals surface area contributed by atoms with Gasteiger partial charge in [0.05, 0.1) is 0 Å². The Morgan fingerprint density at radius 1 is 0.938 bits per heavy atom. The minimum atomic E-state index is 0.838. The molecule has 0 amide bonds. The van der Waals surface area contributed by atoms with Gasteiger partial charge in [-0.05, 0) is 48.9 Å². The van der Waals surface area contributed by atoms with Crippen molar-refractivity contribution in [1.82, 2.24) is 0 Å². The second-order valence-corrected chi connectivity index (χ2v) is 6.46. The van der Waals surface area contributed by atoms with Gasteiger partial charge in [0.2, 0.25) is 0 Å². The second-order valence-electron chi connectivity index (χ2n) is 6.46. The van der Waals surface area contributed by atoms with Crippen LogP contribution in [0.5, 0.6) is 0 Å². The Labute approximate surface area is 101 Å². The van der Waals surface area contributed by atoms with Crippen LogP contribution in [-0.4, -0.2) is 13.2 Å². The Bertz CT molecular complexity index is 197. The van der Waals surface area contributed by atoms with Gasteiger partial charge in [-0.25, -0.2) is 0 Å². The molecule has 2 unspecified atom stereocenters. The van der Waals surface area contributed by atoms with Crippen LogP contribution in [0, 0.1) is 29.6 Å². The number of hydrogen-bond donors (Lipinski definition) is 0. The molecule has 1 saturated heterocycles. The fourth-order valence-corrected chi connectivity index (χ4v) is 4.00. The van der Waals surface area contributed by atoms with E-state index in [4.69, 9.17) is 4.74 Å². The summed E-state index contributed by atoms with van der Waals surface area (Å²) in [6.07, 6.45) is 7.18. The summed E-state index contributed by atoms with van der Waals surface area (Å²) >= 11 is 0. The van der Waals surface area contributed by atoms with Crippen molar-refractivity contribution in [2.45, 2.75) is 52.9 Å². The van der Waals surface area contributed by atoms with Gasteiger partial charge in [0, 0.05) is 13.2 Å². The van der Waals surface area contributed by atoms with Crippen LogP contribution in [0.3, 0.4) is 0 Å². The van der Waals surface area contributed by atoms with E-state index in [0.29, 0.717) is 0 Å². The highest BCUT2D eigenvalue weighted by Crippen LogP contribution is 2.42. The molecule has 1 heteroatoms. The molecule has 0 bridgehead atoms. The van der Waals surface area contributed by atoms with E-state index >= 15 is 0 Å². The van der Waals surface area contributed by atoms with E-state index < -0.39 is 0 Å². The molecule has 1 saturated carbocycles. The van der Waals surface area contributed by atoms with Gasteiger partial charge in [-0.3, -0.25) is 0 Å². The normalized spacial score (nSPS) is 37.9. The van der Waals surface area contributed by atoms with E-state index in [1.54, 1.807) is 0 Å². The highest BCUT2D eigenvalue weighted by Gasteiger charge is 2.35. The van der Waals surface area contributed by atoms with Gasteiger partial charge < -0.3 is 4.74 Å². The van der Waals surface area contributed by atoms with Crippen LogP contribution >= 0.6 is 0 Å². The van der Waals surface area contributed by atoms with Gasteiger partial charge in [0.1, 0.15) is 0 Å². The highest BCUT2D eigenvalue weighted by molar-refractivity contribution is 4.84. The van der Waals surface area contributed by atoms with Crippen molar-refractivity contribution in [3.8, 4) is 0 Å².